The van der Waals surface area contributed by atoms with Gasteiger partial charge in [0.1, 0.15) is 11.9 Å². The second kappa shape index (κ2) is 5.89. The third-order valence-electron chi connectivity index (χ3n) is 4.40. The molecule has 0 bridgehead atoms. The number of carbonyl (C=O) groups is 1. The average Bonchev–Trinajstić information content (AvgIpc) is 3.20. The van der Waals surface area contributed by atoms with Crippen LogP contribution in [0.1, 0.15) is 33.4 Å². The number of furan rings is 1. The minimum absolute atomic E-state index is 0.0214. The van der Waals surface area contributed by atoms with Crippen LogP contribution in [0.15, 0.2) is 71.3 Å². The fourth-order valence-corrected chi connectivity index (χ4v) is 3.14. The van der Waals surface area contributed by atoms with Crippen LogP contribution in [0.2, 0.25) is 0 Å². The van der Waals surface area contributed by atoms with Crippen molar-refractivity contribution in [2.24, 2.45) is 0 Å². The number of hydrogen-bond acceptors (Lipinski definition) is 3. The molecule has 2 heterocycles. The first-order valence-corrected chi connectivity index (χ1v) is 7.98. The average molecular weight is 318 g/mol. The lowest BCUT2D eigenvalue weighted by atomic mass is 10.1. The van der Waals surface area contributed by atoms with E-state index >= 15 is 0 Å². The van der Waals surface area contributed by atoms with E-state index in [1.165, 1.54) is 0 Å². The number of hydrogen-bond donors (Lipinski definition) is 1. The van der Waals surface area contributed by atoms with E-state index in [1.54, 1.807) is 6.26 Å². The van der Waals surface area contributed by atoms with Crippen LogP contribution >= 0.6 is 0 Å². The summed E-state index contributed by atoms with van der Waals surface area (Å²) in [5.74, 6) is 0.792. The molecule has 0 spiro atoms. The van der Waals surface area contributed by atoms with Gasteiger partial charge in [-0.3, -0.25) is 4.79 Å². The number of rotatable bonds is 4. The van der Waals surface area contributed by atoms with Gasteiger partial charge in [-0.25, -0.2) is 0 Å². The summed E-state index contributed by atoms with van der Waals surface area (Å²) in [7, 11) is 0. The van der Waals surface area contributed by atoms with Gasteiger partial charge >= 0.3 is 0 Å². The molecule has 1 N–H and O–H groups in total. The van der Waals surface area contributed by atoms with Gasteiger partial charge in [0.05, 0.1) is 12.8 Å². The molecule has 120 valence electrons. The van der Waals surface area contributed by atoms with Gasteiger partial charge in [0.2, 0.25) is 0 Å². The number of nitrogens with zero attached hydrogens (tertiary/aromatic N) is 1. The van der Waals surface area contributed by atoms with Crippen LogP contribution in [-0.2, 0) is 6.54 Å². The molecule has 0 unspecified atom stereocenters. The van der Waals surface area contributed by atoms with Crippen LogP contribution in [0.4, 0.5) is 5.69 Å². The summed E-state index contributed by atoms with van der Waals surface area (Å²) in [6.07, 6.45) is 1.42. The minimum atomic E-state index is -0.208. The Morgan fingerprint density at radius 1 is 1.04 bits per heavy atom. The Morgan fingerprint density at radius 3 is 2.62 bits per heavy atom. The van der Waals surface area contributed by atoms with E-state index in [2.05, 4.69) is 18.3 Å². The van der Waals surface area contributed by atoms with Crippen LogP contribution in [-0.4, -0.2) is 10.8 Å². The number of nitrogens with one attached hydrogen (secondary N) is 1. The number of amides is 1. The standard InChI is InChI=1S/C20H18N2O2/c1-14-7-2-5-11-18(14)21-19-16-9-3-4-10-17(16)20(23)22(19)13-15-8-6-12-24-15/h2-12,19,21H,13H2,1H3/t19-/m1/s1. The Bertz CT molecular complexity index is 871. The molecule has 0 aliphatic carbocycles. The summed E-state index contributed by atoms with van der Waals surface area (Å²) in [6, 6.07) is 19.6. The van der Waals surface area contributed by atoms with Crippen LogP contribution in [0.25, 0.3) is 0 Å². The van der Waals surface area contributed by atoms with Gasteiger partial charge in [0.25, 0.3) is 5.91 Å². The minimum Gasteiger partial charge on any atom is -0.467 e. The predicted octanol–water partition coefficient (Wildman–Crippen LogP) is 4.35. The van der Waals surface area contributed by atoms with Gasteiger partial charge in [-0.2, -0.15) is 0 Å². The Morgan fingerprint density at radius 2 is 1.83 bits per heavy atom. The maximum absolute atomic E-state index is 12.9. The molecule has 1 aliphatic heterocycles. The second-order valence-electron chi connectivity index (χ2n) is 5.96. The number of carbonyl (C=O) groups excluding carboxylic acids is 1. The normalized spacial score (nSPS) is 16.3. The van der Waals surface area contributed by atoms with Crippen molar-refractivity contribution in [3.63, 3.8) is 0 Å². The molecule has 3 aromatic rings. The van der Waals surface area contributed by atoms with E-state index in [9.17, 15) is 4.79 Å². The zero-order chi connectivity index (χ0) is 16.5. The number of anilines is 1. The zero-order valence-corrected chi connectivity index (χ0v) is 13.4. The molecule has 1 amide bonds. The maximum Gasteiger partial charge on any atom is 0.256 e. The van der Waals surface area contributed by atoms with E-state index in [1.807, 2.05) is 59.5 Å². The molecular weight excluding hydrogens is 300 g/mol. The van der Waals surface area contributed by atoms with Gasteiger partial charge in [-0.1, -0.05) is 36.4 Å². The topological polar surface area (TPSA) is 45.5 Å². The zero-order valence-electron chi connectivity index (χ0n) is 13.4. The Balaban J connectivity index is 1.72. The van der Waals surface area contributed by atoms with Gasteiger partial charge in [0, 0.05) is 16.8 Å². The molecule has 4 heteroatoms. The smallest absolute Gasteiger partial charge is 0.256 e. The fraction of sp³-hybridized carbons (Fsp3) is 0.150. The summed E-state index contributed by atoms with van der Waals surface area (Å²) in [5, 5.41) is 3.52. The molecule has 1 aliphatic rings. The second-order valence-corrected chi connectivity index (χ2v) is 5.96. The Hall–Kier alpha value is -3.01. The van der Waals surface area contributed by atoms with Crippen molar-refractivity contribution in [3.8, 4) is 0 Å². The number of aryl methyl sites for hydroxylation is 1. The third-order valence-corrected chi connectivity index (χ3v) is 4.40. The highest BCUT2D eigenvalue weighted by Gasteiger charge is 2.37. The molecule has 4 rings (SSSR count). The highest BCUT2D eigenvalue weighted by Crippen LogP contribution is 2.36. The first-order chi connectivity index (χ1) is 11.7. The van der Waals surface area contributed by atoms with Crippen molar-refractivity contribution in [3.05, 3.63) is 89.4 Å². The molecule has 0 saturated heterocycles. The van der Waals surface area contributed by atoms with Crippen molar-refractivity contribution < 1.29 is 9.21 Å². The highest BCUT2D eigenvalue weighted by molar-refractivity contribution is 5.99. The van der Waals surface area contributed by atoms with Crippen molar-refractivity contribution in [1.29, 1.82) is 0 Å². The summed E-state index contributed by atoms with van der Waals surface area (Å²) in [4.78, 5) is 14.7. The molecule has 0 fully saturated rings. The molecule has 1 atom stereocenters. The lowest BCUT2D eigenvalue weighted by Crippen LogP contribution is -2.31. The van der Waals surface area contributed by atoms with E-state index in [0.717, 1.165) is 28.1 Å². The highest BCUT2D eigenvalue weighted by atomic mass is 16.3. The third kappa shape index (κ3) is 2.46. The fourth-order valence-electron chi connectivity index (χ4n) is 3.14. The summed E-state index contributed by atoms with van der Waals surface area (Å²) in [5.41, 5.74) is 3.91. The Labute approximate surface area is 140 Å². The van der Waals surface area contributed by atoms with E-state index in [4.69, 9.17) is 4.42 Å². The van der Waals surface area contributed by atoms with Crippen LogP contribution in [0, 0.1) is 6.92 Å². The molecule has 24 heavy (non-hydrogen) atoms. The number of para-hydroxylation sites is 1. The summed E-state index contributed by atoms with van der Waals surface area (Å²) >= 11 is 0. The first kappa shape index (κ1) is 14.6. The monoisotopic (exact) mass is 318 g/mol. The van der Waals surface area contributed by atoms with Crippen LogP contribution in [0.5, 0.6) is 0 Å². The van der Waals surface area contributed by atoms with Gasteiger partial charge in [-0.05, 0) is 36.8 Å². The molecule has 0 saturated carbocycles. The van der Waals surface area contributed by atoms with Gasteiger partial charge in [0.15, 0.2) is 0 Å². The van der Waals surface area contributed by atoms with Crippen molar-refractivity contribution >= 4 is 11.6 Å². The molecule has 2 aromatic carbocycles. The number of benzene rings is 2. The first-order valence-electron chi connectivity index (χ1n) is 7.98. The van der Waals surface area contributed by atoms with E-state index in [0.29, 0.717) is 6.54 Å². The molecule has 4 nitrogen and oxygen atoms in total. The summed E-state index contributed by atoms with van der Waals surface area (Å²) in [6.45, 7) is 2.49. The van der Waals surface area contributed by atoms with Crippen molar-refractivity contribution in [2.45, 2.75) is 19.6 Å². The molecule has 0 radical (unpaired) electrons. The number of fused-ring (bicyclic) bond motifs is 1. The van der Waals surface area contributed by atoms with Gasteiger partial charge < -0.3 is 14.6 Å². The van der Waals surface area contributed by atoms with E-state index < -0.39 is 0 Å². The van der Waals surface area contributed by atoms with E-state index in [-0.39, 0.29) is 12.1 Å². The SMILES string of the molecule is Cc1ccccc1N[C@H]1c2ccccc2C(=O)N1Cc1ccco1. The maximum atomic E-state index is 12.9. The lowest BCUT2D eigenvalue weighted by Gasteiger charge is -2.27. The van der Waals surface area contributed by atoms with Crippen LogP contribution in [0.3, 0.4) is 0 Å². The van der Waals surface area contributed by atoms with Gasteiger partial charge in [-0.15, -0.1) is 0 Å². The largest absolute Gasteiger partial charge is 0.467 e. The molecular formula is C20H18N2O2. The lowest BCUT2D eigenvalue weighted by molar-refractivity contribution is 0.0715. The van der Waals surface area contributed by atoms with Crippen molar-refractivity contribution in [1.82, 2.24) is 4.90 Å². The summed E-state index contributed by atoms with van der Waals surface area (Å²) < 4.78 is 5.44. The predicted molar refractivity (Wildman–Crippen MR) is 92.6 cm³/mol. The van der Waals surface area contributed by atoms with Crippen molar-refractivity contribution in [2.75, 3.05) is 5.32 Å². The quantitative estimate of drug-likeness (QED) is 0.777. The Kier molecular flexibility index (Phi) is 3.58. The molecule has 1 aromatic heterocycles. The van der Waals surface area contributed by atoms with Crippen LogP contribution < -0.4 is 5.32 Å².